The molecule has 0 unspecified atom stereocenters. The van der Waals surface area contributed by atoms with Crippen LogP contribution in [0.5, 0.6) is 0 Å². The lowest BCUT2D eigenvalue weighted by atomic mass is 9.95. The second kappa shape index (κ2) is 3.93. The van der Waals surface area contributed by atoms with Crippen LogP contribution in [-0.2, 0) is 11.8 Å². The van der Waals surface area contributed by atoms with E-state index in [2.05, 4.69) is 10.3 Å². The number of nitrogens with zero attached hydrogens (tertiary/aromatic N) is 1. The van der Waals surface area contributed by atoms with Crippen molar-refractivity contribution >= 4 is 5.82 Å². The summed E-state index contributed by atoms with van der Waals surface area (Å²) in [6.45, 7) is 2.58. The van der Waals surface area contributed by atoms with Crippen molar-refractivity contribution in [3.05, 3.63) is 23.4 Å². The highest BCUT2D eigenvalue weighted by Gasteiger charge is 2.37. The zero-order chi connectivity index (χ0) is 12.6. The molecule has 0 aliphatic carbocycles. The molecule has 0 fully saturated rings. The van der Waals surface area contributed by atoms with Crippen molar-refractivity contribution in [3.8, 4) is 0 Å². The van der Waals surface area contributed by atoms with Gasteiger partial charge in [0, 0.05) is 18.8 Å². The van der Waals surface area contributed by atoms with E-state index >= 15 is 0 Å². The Morgan fingerprint density at radius 2 is 1.81 bits per heavy atom. The van der Waals surface area contributed by atoms with E-state index in [1.165, 1.54) is 20.9 Å². The molecule has 0 aromatic carbocycles. The van der Waals surface area contributed by atoms with E-state index in [-0.39, 0.29) is 11.4 Å². The predicted octanol–water partition coefficient (Wildman–Crippen LogP) is 2.37. The number of alkyl halides is 3. The zero-order valence-electron chi connectivity index (χ0n) is 9.18. The molecule has 3 nitrogen and oxygen atoms in total. The minimum Gasteiger partial charge on any atom is -0.386 e. The van der Waals surface area contributed by atoms with Gasteiger partial charge in [-0.05, 0) is 19.9 Å². The number of pyridine rings is 1. The summed E-state index contributed by atoms with van der Waals surface area (Å²) >= 11 is 0. The number of aromatic nitrogens is 1. The quantitative estimate of drug-likeness (QED) is 0.825. The van der Waals surface area contributed by atoms with Gasteiger partial charge >= 0.3 is 6.18 Å². The Kier molecular flexibility index (Phi) is 3.14. The van der Waals surface area contributed by atoms with Gasteiger partial charge in [-0.1, -0.05) is 0 Å². The van der Waals surface area contributed by atoms with Gasteiger partial charge in [-0.25, -0.2) is 4.98 Å². The van der Waals surface area contributed by atoms with Crippen LogP contribution >= 0.6 is 0 Å². The van der Waals surface area contributed by atoms with Crippen LogP contribution in [-0.4, -0.2) is 17.1 Å². The molecule has 0 spiro atoms. The lowest BCUT2D eigenvalue weighted by molar-refractivity contribution is -0.140. The third kappa shape index (κ3) is 2.63. The third-order valence-electron chi connectivity index (χ3n) is 2.12. The van der Waals surface area contributed by atoms with Crippen molar-refractivity contribution in [2.24, 2.45) is 0 Å². The molecule has 0 saturated carbocycles. The Balaban J connectivity index is 3.40. The molecule has 0 radical (unpaired) electrons. The van der Waals surface area contributed by atoms with Gasteiger partial charge in [-0.15, -0.1) is 0 Å². The van der Waals surface area contributed by atoms with E-state index in [0.29, 0.717) is 0 Å². The maximum absolute atomic E-state index is 12.7. The van der Waals surface area contributed by atoms with Crippen LogP contribution in [0.15, 0.2) is 12.3 Å². The topological polar surface area (TPSA) is 45.1 Å². The van der Waals surface area contributed by atoms with Gasteiger partial charge in [0.15, 0.2) is 0 Å². The van der Waals surface area contributed by atoms with Crippen molar-refractivity contribution in [2.75, 3.05) is 12.4 Å². The van der Waals surface area contributed by atoms with Gasteiger partial charge < -0.3 is 10.4 Å². The highest BCUT2D eigenvalue weighted by molar-refractivity contribution is 5.43. The number of halogens is 3. The molecule has 16 heavy (non-hydrogen) atoms. The molecule has 1 heterocycles. The van der Waals surface area contributed by atoms with Crippen LogP contribution in [0.25, 0.3) is 0 Å². The molecule has 1 aromatic heterocycles. The third-order valence-corrected chi connectivity index (χ3v) is 2.12. The number of hydrogen-bond donors (Lipinski definition) is 2. The normalized spacial score (nSPS) is 12.7. The minimum atomic E-state index is -4.51. The molecule has 90 valence electrons. The first kappa shape index (κ1) is 12.8. The summed E-state index contributed by atoms with van der Waals surface area (Å²) in [6.07, 6.45) is -3.47. The van der Waals surface area contributed by atoms with Crippen molar-refractivity contribution in [2.45, 2.75) is 25.6 Å². The fourth-order valence-corrected chi connectivity index (χ4v) is 1.31. The van der Waals surface area contributed by atoms with E-state index in [1.54, 1.807) is 0 Å². The first-order chi connectivity index (χ1) is 7.16. The smallest absolute Gasteiger partial charge is 0.386 e. The van der Waals surface area contributed by atoms with Crippen LogP contribution in [0, 0.1) is 0 Å². The fourth-order valence-electron chi connectivity index (χ4n) is 1.31. The lowest BCUT2D eigenvalue weighted by Gasteiger charge is -2.22. The lowest BCUT2D eigenvalue weighted by Crippen LogP contribution is -2.22. The summed E-state index contributed by atoms with van der Waals surface area (Å²) in [7, 11) is 1.48. The number of hydrogen-bond acceptors (Lipinski definition) is 3. The van der Waals surface area contributed by atoms with E-state index in [9.17, 15) is 18.3 Å². The Morgan fingerprint density at radius 3 is 2.19 bits per heavy atom. The average Bonchev–Trinajstić information content (AvgIpc) is 2.14. The molecule has 2 N–H and O–H groups in total. The number of rotatable bonds is 2. The maximum Gasteiger partial charge on any atom is 0.416 e. The van der Waals surface area contributed by atoms with Crippen molar-refractivity contribution in [1.29, 1.82) is 0 Å². The average molecular weight is 234 g/mol. The first-order valence-electron chi connectivity index (χ1n) is 4.64. The highest BCUT2D eigenvalue weighted by Crippen LogP contribution is 2.37. The van der Waals surface area contributed by atoms with E-state index in [4.69, 9.17) is 0 Å². The molecule has 0 amide bonds. The Labute approximate surface area is 91.3 Å². The van der Waals surface area contributed by atoms with Gasteiger partial charge in [0.1, 0.15) is 5.82 Å². The van der Waals surface area contributed by atoms with Gasteiger partial charge in [0.05, 0.1) is 11.2 Å². The molecular formula is C10H13F3N2O. The summed E-state index contributed by atoms with van der Waals surface area (Å²) in [4.78, 5) is 3.77. The highest BCUT2D eigenvalue weighted by atomic mass is 19.4. The molecule has 6 heteroatoms. The number of anilines is 1. The van der Waals surface area contributed by atoms with Crippen LogP contribution in [0.3, 0.4) is 0 Å². The van der Waals surface area contributed by atoms with Crippen LogP contribution in [0.2, 0.25) is 0 Å². The van der Waals surface area contributed by atoms with Crippen molar-refractivity contribution in [1.82, 2.24) is 4.98 Å². The van der Waals surface area contributed by atoms with E-state index in [0.717, 1.165) is 12.3 Å². The number of aliphatic hydroxyl groups is 1. The molecule has 0 aliphatic rings. The minimum absolute atomic E-state index is 0.111. The molecule has 1 aromatic rings. The summed E-state index contributed by atoms with van der Waals surface area (Å²) in [5.41, 5.74) is -2.69. The standard InChI is InChI=1S/C10H13F3N2O/c1-9(2,16)7-5-15-8(14-3)4-6(7)10(11,12)13/h4-5,16H,1-3H3,(H,14,15). The van der Waals surface area contributed by atoms with E-state index in [1.807, 2.05) is 0 Å². The Morgan fingerprint density at radius 1 is 1.25 bits per heavy atom. The zero-order valence-corrected chi connectivity index (χ0v) is 9.18. The largest absolute Gasteiger partial charge is 0.416 e. The van der Waals surface area contributed by atoms with E-state index < -0.39 is 17.3 Å². The second-order valence-electron chi connectivity index (χ2n) is 3.92. The SMILES string of the molecule is CNc1cc(C(F)(F)F)c(C(C)(C)O)cn1. The molecule has 0 atom stereocenters. The monoisotopic (exact) mass is 234 g/mol. The van der Waals surface area contributed by atoms with Crippen LogP contribution in [0.4, 0.5) is 19.0 Å². The fraction of sp³-hybridized carbons (Fsp3) is 0.500. The molecule has 0 saturated heterocycles. The summed E-state index contributed by atoms with van der Waals surface area (Å²) in [5, 5.41) is 12.2. The first-order valence-corrected chi connectivity index (χ1v) is 4.64. The van der Waals surface area contributed by atoms with Gasteiger partial charge in [-0.3, -0.25) is 0 Å². The second-order valence-corrected chi connectivity index (χ2v) is 3.92. The Hall–Kier alpha value is -1.30. The predicted molar refractivity (Wildman–Crippen MR) is 54.0 cm³/mol. The summed E-state index contributed by atoms with van der Waals surface area (Å²) in [5.74, 6) is 0.111. The van der Waals surface area contributed by atoms with Gasteiger partial charge in [-0.2, -0.15) is 13.2 Å². The maximum atomic E-state index is 12.7. The number of nitrogens with one attached hydrogen (secondary N) is 1. The van der Waals surface area contributed by atoms with Gasteiger partial charge in [0.25, 0.3) is 0 Å². The Bertz CT molecular complexity index is 383. The van der Waals surface area contributed by atoms with Crippen molar-refractivity contribution in [3.63, 3.8) is 0 Å². The summed E-state index contributed by atoms with van der Waals surface area (Å²) < 4.78 is 38.2. The molecule has 1 rings (SSSR count). The van der Waals surface area contributed by atoms with Crippen LogP contribution < -0.4 is 5.32 Å². The molecular weight excluding hydrogens is 221 g/mol. The van der Waals surface area contributed by atoms with Gasteiger partial charge in [0.2, 0.25) is 0 Å². The van der Waals surface area contributed by atoms with Crippen LogP contribution in [0.1, 0.15) is 25.0 Å². The molecule has 0 bridgehead atoms. The summed E-state index contributed by atoms with van der Waals surface area (Å²) in [6, 6.07) is 0.882. The molecule has 0 aliphatic heterocycles. The van der Waals surface area contributed by atoms with Crippen molar-refractivity contribution < 1.29 is 18.3 Å².